The summed E-state index contributed by atoms with van der Waals surface area (Å²) in [5, 5.41) is 3.43. The van der Waals surface area contributed by atoms with Crippen LogP contribution >= 0.6 is 0 Å². The number of carbonyl (C=O) groups is 1. The highest BCUT2D eigenvalue weighted by Gasteiger charge is 2.35. The van der Waals surface area contributed by atoms with Crippen molar-refractivity contribution < 1.29 is 4.79 Å². The highest BCUT2D eigenvalue weighted by molar-refractivity contribution is 5.80. The van der Waals surface area contributed by atoms with Crippen LogP contribution in [-0.4, -0.2) is 36.0 Å². The van der Waals surface area contributed by atoms with Crippen LogP contribution in [0.5, 0.6) is 0 Å². The molecule has 2 heterocycles. The fraction of sp³-hybridized carbons (Fsp3) is 0.929. The molecule has 0 aliphatic carbocycles. The minimum absolute atomic E-state index is 0.205. The number of hydrogen-bond donors (Lipinski definition) is 1. The van der Waals surface area contributed by atoms with Gasteiger partial charge in [0, 0.05) is 18.6 Å². The van der Waals surface area contributed by atoms with Crippen molar-refractivity contribution in [3.63, 3.8) is 0 Å². The van der Waals surface area contributed by atoms with Crippen molar-refractivity contribution in [1.29, 1.82) is 0 Å². The Bertz CT molecular complexity index is 279. The van der Waals surface area contributed by atoms with E-state index in [0.717, 1.165) is 25.9 Å². The first-order valence-corrected chi connectivity index (χ1v) is 7.15. The molecule has 17 heavy (non-hydrogen) atoms. The Morgan fingerprint density at radius 3 is 2.65 bits per heavy atom. The van der Waals surface area contributed by atoms with Crippen LogP contribution in [0.3, 0.4) is 0 Å². The molecule has 3 heteroatoms. The van der Waals surface area contributed by atoms with Gasteiger partial charge in [-0.2, -0.15) is 0 Å². The molecule has 0 aromatic carbocycles. The van der Waals surface area contributed by atoms with Crippen molar-refractivity contribution >= 4 is 5.91 Å². The summed E-state index contributed by atoms with van der Waals surface area (Å²) in [6, 6.07) is 0.769. The average molecular weight is 238 g/mol. The van der Waals surface area contributed by atoms with Gasteiger partial charge in [-0.25, -0.2) is 0 Å². The van der Waals surface area contributed by atoms with E-state index in [1.165, 1.54) is 12.8 Å². The normalized spacial score (nSPS) is 39.1. The Kier molecular flexibility index (Phi) is 4.08. The maximum atomic E-state index is 12.6. The van der Waals surface area contributed by atoms with Gasteiger partial charge in [-0.15, -0.1) is 0 Å². The van der Waals surface area contributed by atoms with Gasteiger partial charge in [-0.05, 0) is 52.0 Å². The minimum Gasteiger partial charge on any atom is -0.339 e. The van der Waals surface area contributed by atoms with Gasteiger partial charge in [0.2, 0.25) is 5.91 Å². The van der Waals surface area contributed by atoms with Crippen molar-refractivity contribution in [2.75, 3.05) is 13.1 Å². The molecule has 4 atom stereocenters. The van der Waals surface area contributed by atoms with Gasteiger partial charge in [0.15, 0.2) is 0 Å². The largest absolute Gasteiger partial charge is 0.339 e. The first-order chi connectivity index (χ1) is 8.11. The number of nitrogens with zero attached hydrogens (tertiary/aromatic N) is 1. The molecule has 3 nitrogen and oxygen atoms in total. The number of hydrogen-bond acceptors (Lipinski definition) is 2. The molecule has 2 saturated heterocycles. The number of rotatable bonds is 1. The van der Waals surface area contributed by atoms with E-state index in [4.69, 9.17) is 0 Å². The van der Waals surface area contributed by atoms with Gasteiger partial charge < -0.3 is 10.2 Å². The van der Waals surface area contributed by atoms with Crippen molar-refractivity contribution in [3.05, 3.63) is 0 Å². The van der Waals surface area contributed by atoms with Gasteiger partial charge >= 0.3 is 0 Å². The van der Waals surface area contributed by atoms with Crippen LogP contribution < -0.4 is 5.32 Å². The Balaban J connectivity index is 2.02. The third-order valence-electron chi connectivity index (χ3n) is 4.74. The van der Waals surface area contributed by atoms with Crippen molar-refractivity contribution in [1.82, 2.24) is 10.2 Å². The molecule has 98 valence electrons. The lowest BCUT2D eigenvalue weighted by molar-refractivity contribution is -0.141. The monoisotopic (exact) mass is 238 g/mol. The van der Waals surface area contributed by atoms with Crippen LogP contribution in [0.4, 0.5) is 0 Å². The highest BCUT2D eigenvalue weighted by atomic mass is 16.2. The molecule has 0 aromatic heterocycles. The fourth-order valence-electron chi connectivity index (χ4n) is 3.24. The molecule has 4 unspecified atom stereocenters. The van der Waals surface area contributed by atoms with E-state index in [0.29, 0.717) is 23.9 Å². The van der Waals surface area contributed by atoms with Crippen molar-refractivity contribution in [2.45, 2.75) is 58.5 Å². The van der Waals surface area contributed by atoms with E-state index in [1.54, 1.807) is 0 Å². The first-order valence-electron chi connectivity index (χ1n) is 7.15. The van der Waals surface area contributed by atoms with E-state index >= 15 is 0 Å². The topological polar surface area (TPSA) is 32.3 Å². The molecule has 2 aliphatic heterocycles. The third-order valence-corrected chi connectivity index (χ3v) is 4.74. The zero-order valence-electron chi connectivity index (χ0n) is 11.4. The number of nitrogens with one attached hydrogen (secondary N) is 1. The fourth-order valence-corrected chi connectivity index (χ4v) is 3.24. The quantitative estimate of drug-likeness (QED) is 0.758. The summed E-state index contributed by atoms with van der Waals surface area (Å²) in [4.78, 5) is 14.7. The lowest BCUT2D eigenvalue weighted by Gasteiger charge is -2.41. The van der Waals surface area contributed by atoms with Crippen LogP contribution in [0.2, 0.25) is 0 Å². The molecule has 2 aliphatic rings. The maximum absolute atomic E-state index is 12.6. The SMILES string of the molecule is CC1CCCN(C(=O)C2CCCNC2C)C1C. The molecule has 0 bridgehead atoms. The molecule has 2 rings (SSSR count). The number of carbonyl (C=O) groups excluding carboxylic acids is 1. The lowest BCUT2D eigenvalue weighted by atomic mass is 9.86. The summed E-state index contributed by atoms with van der Waals surface area (Å²) in [5.74, 6) is 1.25. The van der Waals surface area contributed by atoms with E-state index < -0.39 is 0 Å². The lowest BCUT2D eigenvalue weighted by Crippen LogP contribution is -2.53. The van der Waals surface area contributed by atoms with Crippen molar-refractivity contribution in [3.8, 4) is 0 Å². The Labute approximate surface area is 105 Å². The molecule has 0 saturated carbocycles. The zero-order chi connectivity index (χ0) is 12.4. The molecular formula is C14H26N2O. The number of likely N-dealkylation sites (tertiary alicyclic amines) is 1. The molecule has 1 amide bonds. The predicted octanol–water partition coefficient (Wildman–Crippen LogP) is 2.02. The van der Waals surface area contributed by atoms with Gasteiger partial charge in [0.25, 0.3) is 0 Å². The third kappa shape index (κ3) is 2.65. The maximum Gasteiger partial charge on any atom is 0.227 e. The van der Waals surface area contributed by atoms with Crippen LogP contribution in [0.15, 0.2) is 0 Å². The second kappa shape index (κ2) is 5.38. The van der Waals surface area contributed by atoms with E-state index in [1.807, 2.05) is 0 Å². The second-order valence-electron chi connectivity index (χ2n) is 5.88. The van der Waals surface area contributed by atoms with Crippen LogP contribution in [0, 0.1) is 11.8 Å². The van der Waals surface area contributed by atoms with Crippen LogP contribution in [0.1, 0.15) is 46.5 Å². The molecular weight excluding hydrogens is 212 g/mol. The smallest absolute Gasteiger partial charge is 0.227 e. The van der Waals surface area contributed by atoms with Gasteiger partial charge in [0.05, 0.1) is 5.92 Å². The van der Waals surface area contributed by atoms with Gasteiger partial charge in [-0.3, -0.25) is 4.79 Å². The average Bonchev–Trinajstić information content (AvgIpc) is 2.32. The summed E-state index contributed by atoms with van der Waals surface area (Å²) in [6.07, 6.45) is 4.64. The van der Waals surface area contributed by atoms with E-state index in [-0.39, 0.29) is 5.92 Å². The Hall–Kier alpha value is -0.570. The molecule has 0 spiro atoms. The summed E-state index contributed by atoms with van der Waals surface area (Å²) < 4.78 is 0. The van der Waals surface area contributed by atoms with E-state index in [9.17, 15) is 4.79 Å². The van der Waals surface area contributed by atoms with Crippen LogP contribution in [0.25, 0.3) is 0 Å². The van der Waals surface area contributed by atoms with E-state index in [2.05, 4.69) is 31.0 Å². The molecule has 2 fully saturated rings. The molecule has 1 N–H and O–H groups in total. The summed E-state index contributed by atoms with van der Waals surface area (Å²) in [5.41, 5.74) is 0. The Morgan fingerprint density at radius 2 is 1.94 bits per heavy atom. The minimum atomic E-state index is 0.205. The van der Waals surface area contributed by atoms with Crippen molar-refractivity contribution in [2.24, 2.45) is 11.8 Å². The number of amides is 1. The summed E-state index contributed by atoms with van der Waals surface area (Å²) in [7, 11) is 0. The number of piperidine rings is 2. The first kappa shape index (κ1) is 12.9. The van der Waals surface area contributed by atoms with Gasteiger partial charge in [-0.1, -0.05) is 6.92 Å². The Morgan fingerprint density at radius 1 is 1.18 bits per heavy atom. The van der Waals surface area contributed by atoms with Gasteiger partial charge in [0.1, 0.15) is 0 Å². The summed E-state index contributed by atoms with van der Waals surface area (Å²) >= 11 is 0. The second-order valence-corrected chi connectivity index (χ2v) is 5.88. The summed E-state index contributed by atoms with van der Waals surface area (Å²) in [6.45, 7) is 8.67. The predicted molar refractivity (Wildman–Crippen MR) is 69.8 cm³/mol. The zero-order valence-corrected chi connectivity index (χ0v) is 11.4. The standard InChI is InChI=1S/C14H26N2O/c1-10-6-5-9-16(12(10)3)14(17)13-7-4-8-15-11(13)2/h10-13,15H,4-9H2,1-3H3. The molecule has 0 aromatic rings. The molecule has 0 radical (unpaired) electrons. The highest BCUT2D eigenvalue weighted by Crippen LogP contribution is 2.27. The van der Waals surface area contributed by atoms with Crippen LogP contribution in [-0.2, 0) is 4.79 Å².